The number of aromatic nitrogens is 3. The summed E-state index contributed by atoms with van der Waals surface area (Å²) in [5.41, 5.74) is 5.75. The minimum Gasteiger partial charge on any atom is -0.486 e. The van der Waals surface area contributed by atoms with E-state index < -0.39 is 30.9 Å². The molecule has 6 aromatic rings. The summed E-state index contributed by atoms with van der Waals surface area (Å²) >= 11 is -2.03. The fraction of sp³-hybridized carbons (Fsp3) is 0.250. The van der Waals surface area contributed by atoms with Crippen LogP contribution in [0.15, 0.2) is 83.7 Å². The van der Waals surface area contributed by atoms with E-state index in [4.69, 9.17) is 7.16 Å². The van der Waals surface area contributed by atoms with Gasteiger partial charge in [0.15, 0.2) is 0 Å². The molecule has 0 spiro atoms. The van der Waals surface area contributed by atoms with Crippen LogP contribution in [0.5, 0.6) is 0 Å². The van der Waals surface area contributed by atoms with Gasteiger partial charge in [0.1, 0.15) is 0 Å². The van der Waals surface area contributed by atoms with Gasteiger partial charge < -0.3 is 9.40 Å². The second-order valence-corrected chi connectivity index (χ2v) is 22.3. The summed E-state index contributed by atoms with van der Waals surface area (Å²) in [7, 11) is 0. The van der Waals surface area contributed by atoms with Crippen LogP contribution in [0.1, 0.15) is 53.4 Å². The van der Waals surface area contributed by atoms with Gasteiger partial charge in [0, 0.05) is 45.1 Å². The van der Waals surface area contributed by atoms with E-state index in [1.54, 1.807) is 44.4 Å². The molecule has 6 rings (SSSR count). The Balaban J connectivity index is 0.000000204. The maximum Gasteiger partial charge on any atom is 0.216 e. The summed E-state index contributed by atoms with van der Waals surface area (Å²) in [5, 5.41) is 1.00. The van der Waals surface area contributed by atoms with Crippen LogP contribution >= 0.6 is 0 Å². The van der Waals surface area contributed by atoms with Gasteiger partial charge in [0.05, 0.1) is 5.58 Å². The second kappa shape index (κ2) is 13.6. The summed E-state index contributed by atoms with van der Waals surface area (Å²) in [6, 6.07) is 24.5. The van der Waals surface area contributed by atoms with Crippen molar-refractivity contribution in [2.75, 3.05) is 0 Å². The third kappa shape index (κ3) is 7.14. The molecule has 0 aliphatic carbocycles. The SMILES string of the molecule is [2H]C(C)(C)c1cc(-c2[c-]cccc2)nc[c]1[Ge]([CH3])([CH3])[CH3].[2H]C(C)(C)c1ccnc(-c2[c-]cc(F)c3c2oc2ncccc23)c1.[Ir]. The van der Waals surface area contributed by atoms with Crippen molar-refractivity contribution in [3.05, 3.63) is 108 Å². The summed E-state index contributed by atoms with van der Waals surface area (Å²) in [6.07, 6.45) is 5.25. The molecule has 223 valence electrons. The van der Waals surface area contributed by atoms with Gasteiger partial charge in [0.25, 0.3) is 0 Å². The number of rotatable bonds is 5. The van der Waals surface area contributed by atoms with Crippen molar-refractivity contribution in [1.82, 2.24) is 15.0 Å². The number of fused-ring (bicyclic) bond motifs is 3. The van der Waals surface area contributed by atoms with Gasteiger partial charge in [-0.2, -0.15) is 0 Å². The van der Waals surface area contributed by atoms with E-state index in [2.05, 4.69) is 50.4 Å². The average molecular weight is 813 g/mol. The summed E-state index contributed by atoms with van der Waals surface area (Å²) in [6.45, 7) is 7.53. The van der Waals surface area contributed by atoms with Crippen LogP contribution in [-0.2, 0) is 20.1 Å². The molecular weight excluding hydrogens is 774 g/mol. The van der Waals surface area contributed by atoms with Crippen LogP contribution in [-0.4, -0.2) is 28.2 Å². The van der Waals surface area contributed by atoms with Crippen molar-refractivity contribution in [3.63, 3.8) is 0 Å². The Morgan fingerprint density at radius 2 is 1.67 bits per heavy atom. The molecule has 0 N–H and O–H groups in total. The second-order valence-electron chi connectivity index (χ2n) is 11.7. The molecule has 7 heteroatoms. The largest absolute Gasteiger partial charge is 0.486 e. The van der Waals surface area contributed by atoms with E-state index in [-0.39, 0.29) is 20.1 Å². The summed E-state index contributed by atoms with van der Waals surface area (Å²) in [5.74, 6) is 5.28. The average Bonchev–Trinajstić information content (AvgIpc) is 3.37. The molecule has 4 aromatic heterocycles. The molecule has 1 radical (unpaired) electrons. The zero-order chi connectivity index (χ0) is 31.9. The van der Waals surface area contributed by atoms with E-state index >= 15 is 0 Å². The van der Waals surface area contributed by atoms with Gasteiger partial charge in [-0.25, -0.2) is 4.98 Å². The van der Waals surface area contributed by atoms with Crippen molar-refractivity contribution in [2.45, 2.75) is 56.8 Å². The molecule has 0 unspecified atom stereocenters. The number of pyridine rings is 3. The number of halogens is 1. The van der Waals surface area contributed by atoms with Crippen molar-refractivity contribution >= 4 is 39.7 Å². The van der Waals surface area contributed by atoms with Gasteiger partial charge in [-0.1, -0.05) is 31.0 Å². The van der Waals surface area contributed by atoms with Gasteiger partial charge in [-0.05, 0) is 35.2 Å². The van der Waals surface area contributed by atoms with Crippen LogP contribution in [0.25, 0.3) is 44.6 Å². The molecule has 0 atom stereocenters. The minimum atomic E-state index is -2.03. The van der Waals surface area contributed by atoms with E-state index in [0.29, 0.717) is 33.3 Å². The molecule has 0 saturated carbocycles. The van der Waals surface area contributed by atoms with Crippen LogP contribution in [0.2, 0.25) is 17.3 Å². The van der Waals surface area contributed by atoms with E-state index in [0.717, 1.165) is 22.4 Å². The Morgan fingerprint density at radius 1 is 0.884 bits per heavy atom. The number of hydrogen-bond acceptors (Lipinski definition) is 4. The molecular formula is C36H36FGeIrN3O-2. The number of benzene rings is 2. The van der Waals surface area contributed by atoms with Crippen molar-refractivity contribution in [1.29, 1.82) is 0 Å². The minimum absolute atomic E-state index is 0. The Hall–Kier alpha value is -3.19. The number of nitrogens with zero attached hydrogens (tertiary/aromatic N) is 3. The van der Waals surface area contributed by atoms with Crippen LogP contribution in [0.4, 0.5) is 4.39 Å². The zero-order valence-corrected chi connectivity index (χ0v) is 30.0. The predicted molar refractivity (Wildman–Crippen MR) is 173 cm³/mol. The summed E-state index contributed by atoms with van der Waals surface area (Å²) < 4.78 is 38.1. The molecule has 0 amide bonds. The molecule has 2 aromatic carbocycles. The predicted octanol–water partition coefficient (Wildman–Crippen LogP) is 9.32. The van der Waals surface area contributed by atoms with Gasteiger partial charge in [-0.3, -0.25) is 4.39 Å². The van der Waals surface area contributed by atoms with Crippen LogP contribution < -0.4 is 4.40 Å². The van der Waals surface area contributed by atoms with Crippen molar-refractivity contribution < 1.29 is 31.7 Å². The Bertz CT molecular complexity index is 1940. The molecule has 0 bridgehead atoms. The molecule has 0 fully saturated rings. The fourth-order valence-electron chi connectivity index (χ4n) is 4.85. The number of hydrogen-bond donors (Lipinski definition) is 0. The quantitative estimate of drug-likeness (QED) is 0.129. The zero-order valence-electron chi connectivity index (χ0n) is 27.5. The van der Waals surface area contributed by atoms with Crippen LogP contribution in [0, 0.1) is 17.9 Å². The van der Waals surface area contributed by atoms with Gasteiger partial charge in [0.2, 0.25) is 5.71 Å². The first-order valence-corrected chi connectivity index (χ1v) is 21.3. The molecule has 0 aliphatic heterocycles. The van der Waals surface area contributed by atoms with E-state index in [1.807, 2.05) is 50.4 Å². The first-order valence-electron chi connectivity index (χ1n) is 15.0. The Kier molecular flexibility index (Phi) is 9.46. The molecule has 43 heavy (non-hydrogen) atoms. The molecule has 0 saturated heterocycles. The molecule has 4 heterocycles. The molecule has 4 nitrogen and oxygen atoms in total. The third-order valence-corrected chi connectivity index (χ3v) is 11.3. The normalized spacial score (nSPS) is 12.7. The maximum absolute atomic E-state index is 14.3. The Morgan fingerprint density at radius 3 is 2.35 bits per heavy atom. The van der Waals surface area contributed by atoms with Gasteiger partial charge in [-0.15, -0.1) is 12.1 Å². The third-order valence-electron chi connectivity index (χ3n) is 7.10. The fourth-order valence-corrected chi connectivity index (χ4v) is 8.17. The van der Waals surface area contributed by atoms with Crippen molar-refractivity contribution in [2.24, 2.45) is 0 Å². The van der Waals surface area contributed by atoms with E-state index in [1.165, 1.54) is 10.5 Å². The monoisotopic (exact) mass is 814 g/mol. The van der Waals surface area contributed by atoms with Crippen LogP contribution in [0.3, 0.4) is 0 Å². The van der Waals surface area contributed by atoms with Crippen molar-refractivity contribution in [3.8, 4) is 22.5 Å². The molecule has 0 aliphatic rings. The van der Waals surface area contributed by atoms with E-state index in [9.17, 15) is 4.39 Å². The smallest absolute Gasteiger partial charge is 0.216 e. The topological polar surface area (TPSA) is 51.8 Å². The first-order chi connectivity index (χ1) is 20.6. The first kappa shape index (κ1) is 29.9. The standard InChI is InChI=1S/C19H14FN2O.C17H22GeN.Ir/c1-11(2)12-7-9-21-16(10-12)13-5-6-15(20)17-14-4-3-8-22-19(14)23-18(13)17;1-13(2)15-11-17(14-9-7-6-8-10-14)19-12-16(15)18(3,4)5;/h3-4,6-11H,1-2H3;6-9,11-13H,1-5H3;/q2*-1;/i11D;13D;. The maximum atomic E-state index is 14.3. The Labute approximate surface area is 272 Å². The number of furan rings is 1. The summed E-state index contributed by atoms with van der Waals surface area (Å²) in [4.78, 5) is 13.1. The van der Waals surface area contributed by atoms with Gasteiger partial charge >= 0.3 is 120 Å².